The Morgan fingerprint density at radius 1 is 0.944 bits per heavy atom. The fraction of sp³-hybridized carbons (Fsp3) is 0.300. The van der Waals surface area contributed by atoms with E-state index in [1.807, 2.05) is 88.4 Å². The lowest BCUT2D eigenvalue weighted by atomic mass is 10.1. The normalized spacial score (nSPS) is 11.9. The number of carbonyl (C=O) groups excluding carboxylic acids is 1. The van der Waals surface area contributed by atoms with Crippen LogP contribution < -0.4 is 10.9 Å². The molecule has 0 fully saturated rings. The molecule has 0 bridgehead atoms. The molecule has 0 radical (unpaired) electrons. The third kappa shape index (κ3) is 4.89. The third-order valence-electron chi connectivity index (χ3n) is 6.73. The fourth-order valence-electron chi connectivity index (χ4n) is 4.61. The van der Waals surface area contributed by atoms with Gasteiger partial charge in [-0.05, 0) is 69.0 Å². The number of para-hydroxylation sites is 3. The highest BCUT2D eigenvalue weighted by molar-refractivity contribution is 5.91. The Morgan fingerprint density at radius 3 is 2.28 bits per heavy atom. The van der Waals surface area contributed by atoms with Crippen molar-refractivity contribution < 1.29 is 4.79 Å². The van der Waals surface area contributed by atoms with E-state index in [4.69, 9.17) is 4.98 Å². The van der Waals surface area contributed by atoms with E-state index in [1.54, 1.807) is 15.5 Å². The van der Waals surface area contributed by atoms with Gasteiger partial charge in [-0.1, -0.05) is 61.9 Å². The lowest BCUT2D eigenvalue weighted by molar-refractivity contribution is 0.188. The molecule has 0 aliphatic carbocycles. The summed E-state index contributed by atoms with van der Waals surface area (Å²) in [5.41, 5.74) is 5.05. The zero-order chi connectivity index (χ0) is 25.8. The molecular weight excluding hydrogens is 448 g/mol. The van der Waals surface area contributed by atoms with Crippen molar-refractivity contribution in [1.82, 2.24) is 14.5 Å². The molecule has 1 atom stereocenters. The van der Waals surface area contributed by atoms with E-state index in [-0.39, 0.29) is 11.6 Å². The molecule has 1 unspecified atom stereocenters. The first-order valence-corrected chi connectivity index (χ1v) is 12.5. The molecule has 6 nitrogen and oxygen atoms in total. The second-order valence-electron chi connectivity index (χ2n) is 9.33. The summed E-state index contributed by atoms with van der Waals surface area (Å²) in [6.07, 6.45) is 1.78. The number of unbranched alkanes of at least 4 members (excludes halogenated alkanes) is 1. The van der Waals surface area contributed by atoms with E-state index >= 15 is 0 Å². The van der Waals surface area contributed by atoms with Crippen LogP contribution >= 0.6 is 0 Å². The average molecular weight is 483 g/mol. The number of rotatable bonds is 7. The lowest BCUT2D eigenvalue weighted by Gasteiger charge is -2.31. The summed E-state index contributed by atoms with van der Waals surface area (Å²) in [7, 11) is 0. The Balaban J connectivity index is 1.86. The number of nitrogens with one attached hydrogen (secondary N) is 1. The van der Waals surface area contributed by atoms with Crippen LogP contribution in [0.4, 0.5) is 10.5 Å². The number of nitrogens with zero attached hydrogens (tertiary/aromatic N) is 3. The van der Waals surface area contributed by atoms with Gasteiger partial charge in [0.15, 0.2) is 0 Å². The maximum absolute atomic E-state index is 13.8. The molecule has 0 saturated heterocycles. The number of hydrogen-bond acceptors (Lipinski definition) is 3. The SMILES string of the molecule is CCCCN(C(=O)Nc1c(C)cccc1C)C(C)c1nc2ccccc2c(=O)n1-c1ccccc1C. The second kappa shape index (κ2) is 10.8. The van der Waals surface area contributed by atoms with Crippen LogP contribution in [0.3, 0.4) is 0 Å². The maximum Gasteiger partial charge on any atom is 0.322 e. The van der Waals surface area contributed by atoms with E-state index in [1.165, 1.54) is 0 Å². The number of benzene rings is 3. The van der Waals surface area contributed by atoms with Crippen LogP contribution in [0.15, 0.2) is 71.5 Å². The lowest BCUT2D eigenvalue weighted by Crippen LogP contribution is -2.40. The number of anilines is 1. The first-order valence-electron chi connectivity index (χ1n) is 12.5. The molecule has 1 heterocycles. The Hall–Kier alpha value is -3.93. The largest absolute Gasteiger partial charge is 0.322 e. The zero-order valence-electron chi connectivity index (χ0n) is 21.7. The highest BCUT2D eigenvalue weighted by Crippen LogP contribution is 2.27. The summed E-state index contributed by atoms with van der Waals surface area (Å²) in [5, 5.41) is 3.68. The van der Waals surface area contributed by atoms with Gasteiger partial charge < -0.3 is 10.2 Å². The summed E-state index contributed by atoms with van der Waals surface area (Å²) in [5.74, 6) is 0.542. The van der Waals surface area contributed by atoms with Gasteiger partial charge >= 0.3 is 6.03 Å². The molecule has 3 aromatic carbocycles. The van der Waals surface area contributed by atoms with E-state index in [0.717, 1.165) is 40.9 Å². The number of fused-ring (bicyclic) bond motifs is 1. The minimum Gasteiger partial charge on any atom is -0.315 e. The fourth-order valence-corrected chi connectivity index (χ4v) is 4.61. The Morgan fingerprint density at radius 2 is 1.58 bits per heavy atom. The Kier molecular flexibility index (Phi) is 7.53. The number of aromatic nitrogens is 2. The van der Waals surface area contributed by atoms with Gasteiger partial charge in [-0.2, -0.15) is 0 Å². The van der Waals surface area contributed by atoms with Crippen molar-refractivity contribution in [2.75, 3.05) is 11.9 Å². The molecule has 6 heteroatoms. The molecule has 36 heavy (non-hydrogen) atoms. The molecule has 186 valence electrons. The molecule has 0 aliphatic heterocycles. The van der Waals surface area contributed by atoms with Crippen molar-refractivity contribution in [2.45, 2.75) is 53.5 Å². The first-order chi connectivity index (χ1) is 17.3. The molecule has 0 aliphatic rings. The first kappa shape index (κ1) is 25.2. The smallest absolute Gasteiger partial charge is 0.315 e. The van der Waals surface area contributed by atoms with Gasteiger partial charge in [-0.25, -0.2) is 9.78 Å². The van der Waals surface area contributed by atoms with E-state index in [9.17, 15) is 9.59 Å². The Labute approximate surface area is 212 Å². The van der Waals surface area contributed by atoms with Crippen molar-refractivity contribution in [3.63, 3.8) is 0 Å². The molecule has 4 rings (SSSR count). The van der Waals surface area contributed by atoms with Gasteiger partial charge in [-0.15, -0.1) is 0 Å². The van der Waals surface area contributed by atoms with Gasteiger partial charge in [0.05, 0.1) is 22.6 Å². The van der Waals surface area contributed by atoms with E-state index in [0.29, 0.717) is 23.3 Å². The van der Waals surface area contributed by atoms with Crippen LogP contribution in [0, 0.1) is 20.8 Å². The number of hydrogen-bond donors (Lipinski definition) is 1. The van der Waals surface area contributed by atoms with Crippen LogP contribution in [-0.4, -0.2) is 27.0 Å². The predicted molar refractivity (Wildman–Crippen MR) is 147 cm³/mol. The maximum atomic E-state index is 13.8. The van der Waals surface area contributed by atoms with Gasteiger partial charge in [-0.3, -0.25) is 9.36 Å². The van der Waals surface area contributed by atoms with Gasteiger partial charge in [0.1, 0.15) is 5.82 Å². The summed E-state index contributed by atoms with van der Waals surface area (Å²) >= 11 is 0. The Bertz CT molecular complexity index is 1440. The standard InChI is InChI=1S/C30H34N4O2/c1-6-7-19-33(30(36)32-27-21(3)14-12-15-22(27)4)23(5)28-31-25-17-10-9-16-24(25)29(35)34(28)26-18-11-8-13-20(26)2/h8-18,23H,6-7,19H2,1-5H3,(H,32,36). The topological polar surface area (TPSA) is 67.2 Å². The number of amides is 2. The van der Waals surface area contributed by atoms with Crippen LogP contribution in [-0.2, 0) is 0 Å². The van der Waals surface area contributed by atoms with Crippen molar-refractivity contribution in [3.05, 3.63) is 99.6 Å². The molecule has 4 aromatic rings. The summed E-state index contributed by atoms with van der Waals surface area (Å²) < 4.78 is 1.67. The summed E-state index contributed by atoms with van der Waals surface area (Å²) in [4.78, 5) is 34.2. The summed E-state index contributed by atoms with van der Waals surface area (Å²) in [6, 6.07) is 20.5. The predicted octanol–water partition coefficient (Wildman–Crippen LogP) is 6.71. The van der Waals surface area contributed by atoms with Crippen molar-refractivity contribution >= 4 is 22.6 Å². The molecule has 0 spiro atoms. The second-order valence-corrected chi connectivity index (χ2v) is 9.33. The number of carbonyl (C=O) groups is 1. The quantitative estimate of drug-likeness (QED) is 0.318. The number of urea groups is 1. The van der Waals surface area contributed by atoms with Crippen LogP contribution in [0.5, 0.6) is 0 Å². The van der Waals surface area contributed by atoms with Crippen LogP contribution in [0.1, 0.15) is 55.2 Å². The van der Waals surface area contributed by atoms with E-state index < -0.39 is 6.04 Å². The van der Waals surface area contributed by atoms with Gasteiger partial charge in [0, 0.05) is 12.2 Å². The third-order valence-corrected chi connectivity index (χ3v) is 6.73. The monoisotopic (exact) mass is 482 g/mol. The van der Waals surface area contributed by atoms with Crippen LogP contribution in [0.25, 0.3) is 16.6 Å². The van der Waals surface area contributed by atoms with Crippen molar-refractivity contribution in [1.29, 1.82) is 0 Å². The zero-order valence-corrected chi connectivity index (χ0v) is 21.7. The van der Waals surface area contributed by atoms with E-state index in [2.05, 4.69) is 12.2 Å². The number of aryl methyl sites for hydroxylation is 3. The van der Waals surface area contributed by atoms with Crippen molar-refractivity contribution in [3.8, 4) is 5.69 Å². The van der Waals surface area contributed by atoms with Crippen LogP contribution in [0.2, 0.25) is 0 Å². The average Bonchev–Trinajstić information content (AvgIpc) is 2.87. The van der Waals surface area contributed by atoms with Gasteiger partial charge in [0.25, 0.3) is 5.56 Å². The van der Waals surface area contributed by atoms with Gasteiger partial charge in [0.2, 0.25) is 0 Å². The minimum atomic E-state index is -0.446. The highest BCUT2D eigenvalue weighted by Gasteiger charge is 2.27. The minimum absolute atomic E-state index is 0.137. The van der Waals surface area contributed by atoms with Crippen molar-refractivity contribution in [2.24, 2.45) is 0 Å². The molecule has 1 aromatic heterocycles. The molecule has 0 saturated carbocycles. The molecule has 2 amide bonds. The highest BCUT2D eigenvalue weighted by atomic mass is 16.2. The molecular formula is C30H34N4O2. The molecule has 1 N–H and O–H groups in total. The summed E-state index contributed by atoms with van der Waals surface area (Å²) in [6.45, 7) is 10.6.